The van der Waals surface area contributed by atoms with E-state index in [1.165, 1.54) is 6.07 Å². The second-order valence-corrected chi connectivity index (χ2v) is 8.99. The lowest BCUT2D eigenvalue weighted by Gasteiger charge is -2.19. The van der Waals surface area contributed by atoms with Gasteiger partial charge in [-0.1, -0.05) is 44.5 Å². The summed E-state index contributed by atoms with van der Waals surface area (Å²) in [7, 11) is 0. The summed E-state index contributed by atoms with van der Waals surface area (Å²) < 4.78 is 43.2. The maximum absolute atomic E-state index is 13.6. The van der Waals surface area contributed by atoms with Crippen molar-refractivity contribution in [2.24, 2.45) is 0 Å². The van der Waals surface area contributed by atoms with E-state index in [-0.39, 0.29) is 22.9 Å². The van der Waals surface area contributed by atoms with Gasteiger partial charge in [-0.3, -0.25) is 9.48 Å². The van der Waals surface area contributed by atoms with Gasteiger partial charge in [-0.05, 0) is 23.8 Å². The number of hydrogen-bond acceptors (Lipinski definition) is 4. The molecule has 3 heterocycles. The first-order chi connectivity index (χ1) is 15.4. The third-order valence-corrected chi connectivity index (χ3v) is 5.07. The maximum Gasteiger partial charge on any atom is 0.433 e. The first-order valence-corrected chi connectivity index (χ1v) is 10.4. The van der Waals surface area contributed by atoms with E-state index in [2.05, 4.69) is 20.5 Å². The highest BCUT2D eigenvalue weighted by atomic mass is 35.5. The van der Waals surface area contributed by atoms with Crippen LogP contribution in [0.15, 0.2) is 48.7 Å². The van der Waals surface area contributed by atoms with Crippen molar-refractivity contribution in [2.75, 3.05) is 5.32 Å². The van der Waals surface area contributed by atoms with Gasteiger partial charge in [-0.15, -0.1) is 0 Å². The van der Waals surface area contributed by atoms with Crippen molar-refractivity contribution in [3.8, 4) is 0 Å². The molecule has 1 N–H and O–H groups in total. The van der Waals surface area contributed by atoms with Crippen LogP contribution in [-0.2, 0) is 18.1 Å². The van der Waals surface area contributed by atoms with Gasteiger partial charge in [0.2, 0.25) is 0 Å². The Morgan fingerprint density at radius 1 is 1.09 bits per heavy atom. The van der Waals surface area contributed by atoms with Gasteiger partial charge in [-0.2, -0.15) is 23.4 Å². The molecule has 0 fully saturated rings. The minimum atomic E-state index is -4.67. The number of nitrogens with zero attached hydrogens (tertiary/aromatic N) is 5. The number of rotatable bonds is 4. The quantitative estimate of drug-likeness (QED) is 0.439. The van der Waals surface area contributed by atoms with Crippen LogP contribution in [0.5, 0.6) is 0 Å². The zero-order chi connectivity index (χ0) is 24.0. The number of alkyl halides is 3. The van der Waals surface area contributed by atoms with Crippen LogP contribution in [0.4, 0.5) is 19.0 Å². The molecular weight excluding hydrogens is 457 g/mol. The minimum absolute atomic E-state index is 0.0635. The van der Waals surface area contributed by atoms with Crippen LogP contribution in [0.1, 0.15) is 48.2 Å². The average molecular weight is 477 g/mol. The third-order valence-electron chi connectivity index (χ3n) is 4.83. The van der Waals surface area contributed by atoms with Crippen LogP contribution < -0.4 is 5.32 Å². The van der Waals surface area contributed by atoms with E-state index < -0.39 is 23.2 Å². The van der Waals surface area contributed by atoms with Crippen molar-refractivity contribution < 1.29 is 18.0 Å². The van der Waals surface area contributed by atoms with E-state index in [9.17, 15) is 18.0 Å². The van der Waals surface area contributed by atoms with Crippen LogP contribution in [-0.4, -0.2) is 30.3 Å². The zero-order valence-electron chi connectivity index (χ0n) is 18.0. The molecule has 4 aromatic rings. The molecule has 33 heavy (non-hydrogen) atoms. The van der Waals surface area contributed by atoms with Gasteiger partial charge in [0.05, 0.1) is 12.2 Å². The predicted molar refractivity (Wildman–Crippen MR) is 117 cm³/mol. The van der Waals surface area contributed by atoms with Gasteiger partial charge in [0.15, 0.2) is 17.2 Å². The lowest BCUT2D eigenvalue weighted by molar-refractivity contribution is -0.142. The Bertz CT molecular complexity index is 1340. The van der Waals surface area contributed by atoms with Crippen molar-refractivity contribution in [1.82, 2.24) is 24.4 Å². The number of aromatic nitrogens is 5. The monoisotopic (exact) mass is 476 g/mol. The third kappa shape index (κ3) is 5.00. The summed E-state index contributed by atoms with van der Waals surface area (Å²) in [6.07, 6.45) is -3.00. The highest BCUT2D eigenvalue weighted by Crippen LogP contribution is 2.32. The molecule has 0 saturated heterocycles. The molecule has 0 aliphatic rings. The molecule has 0 unspecified atom stereocenters. The molecule has 1 amide bonds. The fraction of sp³-hybridized carbons (Fsp3) is 0.273. The lowest BCUT2D eigenvalue weighted by atomic mass is 9.91. The highest BCUT2D eigenvalue weighted by molar-refractivity contribution is 6.30. The normalized spacial score (nSPS) is 12.3. The van der Waals surface area contributed by atoms with E-state index in [0.717, 1.165) is 11.6 Å². The molecule has 0 spiro atoms. The Labute approximate surface area is 192 Å². The Morgan fingerprint density at radius 3 is 2.52 bits per heavy atom. The van der Waals surface area contributed by atoms with Crippen LogP contribution in [0.3, 0.4) is 0 Å². The summed E-state index contributed by atoms with van der Waals surface area (Å²) in [5.74, 6) is -0.461. The van der Waals surface area contributed by atoms with E-state index >= 15 is 0 Å². The number of anilines is 1. The van der Waals surface area contributed by atoms with Crippen molar-refractivity contribution >= 4 is 29.0 Å². The Balaban J connectivity index is 1.59. The number of carbonyl (C=O) groups is 1. The number of hydrogen-bond donors (Lipinski definition) is 1. The molecule has 0 bridgehead atoms. The molecule has 0 atom stereocenters. The molecule has 4 rings (SSSR count). The Hall–Kier alpha value is -3.40. The van der Waals surface area contributed by atoms with Gasteiger partial charge in [-0.25, -0.2) is 9.50 Å². The molecular formula is C22H20ClF3N6O. The second-order valence-electron chi connectivity index (χ2n) is 8.56. The number of halogens is 4. The number of amides is 1. The summed E-state index contributed by atoms with van der Waals surface area (Å²) in [6, 6.07) is 11.0. The number of nitrogens with one attached hydrogen (secondary N) is 1. The van der Waals surface area contributed by atoms with Crippen molar-refractivity contribution in [2.45, 2.75) is 38.9 Å². The van der Waals surface area contributed by atoms with Crippen molar-refractivity contribution in [3.05, 3.63) is 76.3 Å². The van der Waals surface area contributed by atoms with Crippen LogP contribution >= 0.6 is 11.6 Å². The molecule has 172 valence electrons. The standard InChI is InChI=1S/C22H20ClF3N6O/c1-21(2,3)16-11-17(22(24,25)26)32-19(27-16)10-15(29-32)20(33)28-18-7-8-31(30-18)12-13-5-4-6-14(23)9-13/h4-11H,12H2,1-3H3,(H,28,30,33). The van der Waals surface area contributed by atoms with Gasteiger partial charge in [0, 0.05) is 28.8 Å². The van der Waals surface area contributed by atoms with E-state index in [4.69, 9.17) is 11.6 Å². The van der Waals surface area contributed by atoms with Crippen LogP contribution in [0, 0.1) is 0 Å². The first kappa shape index (κ1) is 22.8. The summed E-state index contributed by atoms with van der Waals surface area (Å²) in [5, 5.41) is 11.3. The molecule has 0 radical (unpaired) electrons. The maximum atomic E-state index is 13.6. The topological polar surface area (TPSA) is 77.1 Å². The number of fused-ring (bicyclic) bond motifs is 1. The largest absolute Gasteiger partial charge is 0.433 e. The van der Waals surface area contributed by atoms with Gasteiger partial charge in [0.25, 0.3) is 5.91 Å². The Morgan fingerprint density at radius 2 is 1.85 bits per heavy atom. The van der Waals surface area contributed by atoms with Gasteiger partial charge >= 0.3 is 6.18 Å². The molecule has 0 aliphatic carbocycles. The van der Waals surface area contributed by atoms with Crippen LogP contribution in [0.2, 0.25) is 5.02 Å². The van der Waals surface area contributed by atoms with Crippen molar-refractivity contribution in [1.29, 1.82) is 0 Å². The second kappa shape index (κ2) is 8.18. The van der Waals surface area contributed by atoms with Gasteiger partial charge < -0.3 is 5.32 Å². The summed E-state index contributed by atoms with van der Waals surface area (Å²) in [6.45, 7) is 5.71. The summed E-state index contributed by atoms with van der Waals surface area (Å²) in [5.41, 5.74) is -0.722. The first-order valence-electron chi connectivity index (χ1n) is 9.98. The molecule has 11 heteroatoms. The lowest BCUT2D eigenvalue weighted by Crippen LogP contribution is -2.20. The van der Waals surface area contributed by atoms with E-state index in [1.54, 1.807) is 49.8 Å². The molecule has 3 aromatic heterocycles. The minimum Gasteiger partial charge on any atom is -0.304 e. The number of benzene rings is 1. The van der Waals surface area contributed by atoms with Crippen molar-refractivity contribution in [3.63, 3.8) is 0 Å². The average Bonchev–Trinajstić information content (AvgIpc) is 3.32. The Kier molecular flexibility index (Phi) is 5.65. The van der Waals surface area contributed by atoms with Gasteiger partial charge in [0.1, 0.15) is 5.69 Å². The molecule has 1 aromatic carbocycles. The smallest absolute Gasteiger partial charge is 0.304 e. The summed E-state index contributed by atoms with van der Waals surface area (Å²) in [4.78, 5) is 17.0. The predicted octanol–water partition coefficient (Wildman–Crippen LogP) is 5.20. The molecule has 0 aliphatic heterocycles. The van der Waals surface area contributed by atoms with E-state index in [1.807, 2.05) is 12.1 Å². The molecule has 0 saturated carbocycles. The number of carbonyl (C=O) groups excluding carboxylic acids is 1. The van der Waals surface area contributed by atoms with E-state index in [0.29, 0.717) is 16.1 Å². The van der Waals surface area contributed by atoms with Crippen LogP contribution in [0.25, 0.3) is 5.65 Å². The molecule has 7 nitrogen and oxygen atoms in total. The summed E-state index contributed by atoms with van der Waals surface area (Å²) >= 11 is 5.99. The fourth-order valence-corrected chi connectivity index (χ4v) is 3.40. The zero-order valence-corrected chi connectivity index (χ0v) is 18.7. The highest BCUT2D eigenvalue weighted by Gasteiger charge is 2.36. The fourth-order valence-electron chi connectivity index (χ4n) is 3.19. The SMILES string of the molecule is CC(C)(C)c1cc(C(F)(F)F)n2nc(C(=O)Nc3ccn(Cc4cccc(Cl)c4)n3)cc2n1.